The monoisotopic (exact) mass is 346 g/mol. The van der Waals surface area contributed by atoms with Crippen molar-refractivity contribution in [3.63, 3.8) is 0 Å². The number of hydrogen-bond acceptors (Lipinski definition) is 4. The minimum absolute atomic E-state index is 0.157. The number of benzene rings is 2. The molecule has 2 aromatic rings. The van der Waals surface area contributed by atoms with Crippen molar-refractivity contribution in [3.8, 4) is 5.75 Å². The molecule has 24 heavy (non-hydrogen) atoms. The van der Waals surface area contributed by atoms with E-state index in [2.05, 4.69) is 10.6 Å². The van der Waals surface area contributed by atoms with E-state index >= 15 is 0 Å². The van der Waals surface area contributed by atoms with Crippen LogP contribution in [0.15, 0.2) is 59.5 Å². The van der Waals surface area contributed by atoms with Crippen molar-refractivity contribution in [2.45, 2.75) is 11.0 Å². The van der Waals surface area contributed by atoms with Crippen molar-refractivity contribution in [2.75, 3.05) is 26.0 Å². The van der Waals surface area contributed by atoms with Crippen LogP contribution < -0.4 is 15.4 Å². The highest BCUT2D eigenvalue weighted by atomic mass is 32.2. The van der Waals surface area contributed by atoms with Gasteiger partial charge in [-0.15, -0.1) is 11.8 Å². The fraction of sp³-hybridized carbons (Fsp3) is 0.278. The topological polar surface area (TPSA) is 70.6 Å². The predicted octanol–water partition coefficient (Wildman–Crippen LogP) is 2.82. The van der Waals surface area contributed by atoms with Crippen molar-refractivity contribution in [1.29, 1.82) is 0 Å². The summed E-state index contributed by atoms with van der Waals surface area (Å²) in [5, 5.41) is 15.4. The molecule has 2 amide bonds. The summed E-state index contributed by atoms with van der Waals surface area (Å²) in [6.45, 7) is 0.930. The van der Waals surface area contributed by atoms with Crippen LogP contribution in [0.5, 0.6) is 5.75 Å². The second kappa shape index (κ2) is 9.85. The van der Waals surface area contributed by atoms with Gasteiger partial charge in [0.05, 0.1) is 12.6 Å². The van der Waals surface area contributed by atoms with Crippen LogP contribution in [-0.4, -0.2) is 37.1 Å². The molecule has 0 heterocycles. The molecule has 0 radical (unpaired) electrons. The Morgan fingerprint density at radius 3 is 2.50 bits per heavy atom. The number of rotatable bonds is 8. The highest BCUT2D eigenvalue weighted by Crippen LogP contribution is 2.18. The van der Waals surface area contributed by atoms with Gasteiger partial charge in [0.2, 0.25) is 0 Å². The molecule has 0 saturated heterocycles. The molecule has 6 heteroatoms. The number of thioether (sulfide) groups is 1. The third kappa shape index (κ3) is 6.14. The SMILES string of the molecule is CSc1ccc([C@H](O)CNC(=O)NCCOc2ccccc2)cc1. The number of carbonyl (C=O) groups is 1. The fourth-order valence-corrected chi connectivity index (χ4v) is 2.45. The van der Waals surface area contributed by atoms with Gasteiger partial charge in [0.15, 0.2) is 0 Å². The molecular formula is C18H22N2O3S. The Morgan fingerprint density at radius 1 is 1.12 bits per heavy atom. The number of amides is 2. The minimum atomic E-state index is -0.729. The molecule has 0 aromatic heterocycles. The molecule has 2 rings (SSSR count). The van der Waals surface area contributed by atoms with E-state index in [1.165, 1.54) is 0 Å². The first-order valence-corrected chi connectivity index (χ1v) is 8.93. The molecule has 0 aliphatic heterocycles. The van der Waals surface area contributed by atoms with E-state index in [-0.39, 0.29) is 12.6 Å². The number of aliphatic hydroxyl groups excluding tert-OH is 1. The minimum Gasteiger partial charge on any atom is -0.492 e. The number of aliphatic hydroxyl groups is 1. The summed E-state index contributed by atoms with van der Waals surface area (Å²) in [4.78, 5) is 12.8. The van der Waals surface area contributed by atoms with E-state index < -0.39 is 6.10 Å². The lowest BCUT2D eigenvalue weighted by molar-refractivity contribution is 0.172. The van der Waals surface area contributed by atoms with E-state index in [4.69, 9.17) is 4.74 Å². The van der Waals surface area contributed by atoms with E-state index in [0.717, 1.165) is 16.2 Å². The summed E-state index contributed by atoms with van der Waals surface area (Å²) in [6.07, 6.45) is 1.27. The highest BCUT2D eigenvalue weighted by molar-refractivity contribution is 7.98. The quantitative estimate of drug-likeness (QED) is 0.508. The van der Waals surface area contributed by atoms with Crippen LogP contribution in [0.25, 0.3) is 0 Å². The van der Waals surface area contributed by atoms with E-state index in [0.29, 0.717) is 13.2 Å². The van der Waals surface area contributed by atoms with Gasteiger partial charge < -0.3 is 20.5 Å². The third-order valence-electron chi connectivity index (χ3n) is 3.36. The Hall–Kier alpha value is -2.18. The Balaban J connectivity index is 1.63. The van der Waals surface area contributed by atoms with Crippen LogP contribution in [0.3, 0.4) is 0 Å². The number of para-hydroxylation sites is 1. The van der Waals surface area contributed by atoms with Crippen LogP contribution >= 0.6 is 11.8 Å². The fourth-order valence-electron chi connectivity index (χ4n) is 2.05. The Bertz CT molecular complexity index is 620. The van der Waals surface area contributed by atoms with Gasteiger partial charge in [-0.25, -0.2) is 4.79 Å². The molecule has 5 nitrogen and oxygen atoms in total. The Labute approximate surface area is 146 Å². The smallest absolute Gasteiger partial charge is 0.315 e. The van der Waals surface area contributed by atoms with E-state index in [9.17, 15) is 9.90 Å². The molecule has 0 unspecified atom stereocenters. The maximum Gasteiger partial charge on any atom is 0.315 e. The van der Waals surface area contributed by atoms with E-state index in [1.54, 1.807) is 11.8 Å². The lowest BCUT2D eigenvalue weighted by Gasteiger charge is -2.13. The van der Waals surface area contributed by atoms with Crippen molar-refractivity contribution in [3.05, 3.63) is 60.2 Å². The predicted molar refractivity (Wildman–Crippen MR) is 96.5 cm³/mol. The van der Waals surface area contributed by atoms with Gasteiger partial charge in [-0.2, -0.15) is 0 Å². The first-order chi connectivity index (χ1) is 11.7. The summed E-state index contributed by atoms with van der Waals surface area (Å²) in [5.41, 5.74) is 0.778. The van der Waals surface area contributed by atoms with Gasteiger partial charge in [-0.05, 0) is 36.1 Å². The van der Waals surface area contributed by atoms with Gasteiger partial charge in [0.1, 0.15) is 12.4 Å². The molecular weight excluding hydrogens is 324 g/mol. The molecule has 0 aliphatic carbocycles. The lowest BCUT2D eigenvalue weighted by atomic mass is 10.1. The molecule has 2 aromatic carbocycles. The average Bonchev–Trinajstić information content (AvgIpc) is 2.64. The average molecular weight is 346 g/mol. The maximum atomic E-state index is 11.7. The van der Waals surface area contributed by atoms with Crippen molar-refractivity contribution in [2.24, 2.45) is 0 Å². The summed E-state index contributed by atoms with van der Waals surface area (Å²) in [5.74, 6) is 0.767. The summed E-state index contributed by atoms with van der Waals surface area (Å²) in [7, 11) is 0. The van der Waals surface area contributed by atoms with E-state index in [1.807, 2.05) is 60.9 Å². The molecule has 128 valence electrons. The van der Waals surface area contributed by atoms with Crippen molar-refractivity contribution < 1.29 is 14.6 Å². The van der Waals surface area contributed by atoms with Crippen LogP contribution in [0.1, 0.15) is 11.7 Å². The van der Waals surface area contributed by atoms with Gasteiger partial charge in [-0.1, -0.05) is 30.3 Å². The van der Waals surface area contributed by atoms with Crippen LogP contribution in [-0.2, 0) is 0 Å². The van der Waals surface area contributed by atoms with Gasteiger partial charge in [0, 0.05) is 11.4 Å². The third-order valence-corrected chi connectivity index (χ3v) is 4.10. The molecule has 0 aliphatic rings. The summed E-state index contributed by atoms with van der Waals surface area (Å²) < 4.78 is 5.48. The number of nitrogens with one attached hydrogen (secondary N) is 2. The number of urea groups is 1. The molecule has 1 atom stereocenters. The molecule has 3 N–H and O–H groups in total. The van der Waals surface area contributed by atoms with Crippen LogP contribution in [0.4, 0.5) is 4.79 Å². The summed E-state index contributed by atoms with van der Waals surface area (Å²) >= 11 is 1.64. The number of ether oxygens (including phenoxy) is 1. The van der Waals surface area contributed by atoms with Crippen molar-refractivity contribution >= 4 is 17.8 Å². The first kappa shape index (κ1) is 18.2. The zero-order valence-electron chi connectivity index (χ0n) is 13.6. The number of carbonyl (C=O) groups excluding carboxylic acids is 1. The summed E-state index contributed by atoms with van der Waals surface area (Å²) in [6, 6.07) is 16.7. The standard InChI is InChI=1S/C18H22N2O3S/c1-24-16-9-7-14(8-10-16)17(21)13-20-18(22)19-11-12-23-15-5-3-2-4-6-15/h2-10,17,21H,11-13H2,1H3,(H2,19,20,22)/t17-/m1/s1. The largest absolute Gasteiger partial charge is 0.492 e. The molecule has 0 saturated carbocycles. The zero-order valence-corrected chi connectivity index (χ0v) is 14.4. The normalized spacial score (nSPS) is 11.6. The van der Waals surface area contributed by atoms with Crippen LogP contribution in [0, 0.1) is 0 Å². The van der Waals surface area contributed by atoms with Crippen LogP contribution in [0.2, 0.25) is 0 Å². The maximum absolute atomic E-state index is 11.7. The molecule has 0 fully saturated rings. The lowest BCUT2D eigenvalue weighted by Crippen LogP contribution is -2.39. The molecule has 0 spiro atoms. The zero-order chi connectivity index (χ0) is 17.2. The Kier molecular flexibility index (Phi) is 7.45. The van der Waals surface area contributed by atoms with Gasteiger partial charge in [-0.3, -0.25) is 0 Å². The van der Waals surface area contributed by atoms with Gasteiger partial charge in [0.25, 0.3) is 0 Å². The second-order valence-corrected chi connectivity index (χ2v) is 5.97. The molecule has 0 bridgehead atoms. The highest BCUT2D eigenvalue weighted by Gasteiger charge is 2.09. The Morgan fingerprint density at radius 2 is 1.83 bits per heavy atom. The second-order valence-electron chi connectivity index (χ2n) is 5.09. The van der Waals surface area contributed by atoms with Gasteiger partial charge >= 0.3 is 6.03 Å². The van der Waals surface area contributed by atoms with Crippen molar-refractivity contribution in [1.82, 2.24) is 10.6 Å². The number of hydrogen-bond donors (Lipinski definition) is 3. The first-order valence-electron chi connectivity index (χ1n) is 7.70.